The average molecular weight is 314 g/mol. The van der Waals surface area contributed by atoms with E-state index in [2.05, 4.69) is 5.32 Å². The second kappa shape index (κ2) is 6.79. The normalized spacial score (nSPS) is 17.7. The van der Waals surface area contributed by atoms with E-state index in [-0.39, 0.29) is 23.5 Å². The molecule has 4 nitrogen and oxygen atoms in total. The smallest absolute Gasteiger partial charge is 0.224 e. The van der Waals surface area contributed by atoms with Crippen molar-refractivity contribution < 1.29 is 14.3 Å². The largest absolute Gasteiger partial charge is 0.508 e. The number of phenolic OH excluding ortho intramolecular Hbond substituents is 1. The first-order valence-electron chi connectivity index (χ1n) is 7.63. The van der Waals surface area contributed by atoms with E-state index in [1.54, 1.807) is 35.2 Å². The standard InChI is InChI=1S/C18H19FN2O2/c19-15-6-4-13(5-7-15)11-21-12-16(9-18(21)23)20-10-14-2-1-3-17(22)8-14/h1-8,16,20,22H,9-12H2/t16-/m0/s1. The number of nitrogens with one attached hydrogen (secondary N) is 1. The fourth-order valence-corrected chi connectivity index (χ4v) is 2.80. The van der Waals surface area contributed by atoms with Crippen molar-refractivity contribution in [1.82, 2.24) is 10.2 Å². The number of carbonyl (C=O) groups is 1. The van der Waals surface area contributed by atoms with Gasteiger partial charge in [0.25, 0.3) is 0 Å². The molecule has 0 unspecified atom stereocenters. The van der Waals surface area contributed by atoms with Crippen LogP contribution in [-0.4, -0.2) is 28.5 Å². The van der Waals surface area contributed by atoms with E-state index in [1.165, 1.54) is 12.1 Å². The molecule has 1 heterocycles. The molecule has 0 saturated carbocycles. The minimum absolute atomic E-state index is 0.0882. The van der Waals surface area contributed by atoms with Gasteiger partial charge in [0.1, 0.15) is 11.6 Å². The summed E-state index contributed by atoms with van der Waals surface area (Å²) in [6.07, 6.45) is 0.458. The van der Waals surface area contributed by atoms with Crippen molar-refractivity contribution in [2.75, 3.05) is 6.54 Å². The number of nitrogens with zero attached hydrogens (tertiary/aromatic N) is 1. The predicted molar refractivity (Wildman–Crippen MR) is 85.2 cm³/mol. The summed E-state index contributed by atoms with van der Waals surface area (Å²) >= 11 is 0. The lowest BCUT2D eigenvalue weighted by atomic mass is 10.2. The van der Waals surface area contributed by atoms with Crippen LogP contribution in [0.3, 0.4) is 0 Å². The van der Waals surface area contributed by atoms with Crippen molar-refractivity contribution in [3.05, 3.63) is 65.5 Å². The van der Waals surface area contributed by atoms with Gasteiger partial charge in [-0.05, 0) is 35.4 Å². The second-order valence-electron chi connectivity index (χ2n) is 5.85. The monoisotopic (exact) mass is 314 g/mol. The summed E-state index contributed by atoms with van der Waals surface area (Å²) in [5.74, 6) is 0.0691. The van der Waals surface area contributed by atoms with Crippen molar-refractivity contribution in [2.45, 2.75) is 25.6 Å². The first-order chi connectivity index (χ1) is 11.1. The van der Waals surface area contributed by atoms with Gasteiger partial charge in [-0.3, -0.25) is 4.79 Å². The molecule has 3 rings (SSSR count). The first-order valence-corrected chi connectivity index (χ1v) is 7.63. The third-order valence-corrected chi connectivity index (χ3v) is 4.01. The third-order valence-electron chi connectivity index (χ3n) is 4.01. The Labute approximate surface area is 134 Å². The van der Waals surface area contributed by atoms with Crippen molar-refractivity contribution >= 4 is 5.91 Å². The molecule has 1 aliphatic heterocycles. The highest BCUT2D eigenvalue weighted by atomic mass is 19.1. The number of hydrogen-bond donors (Lipinski definition) is 2. The molecule has 2 N–H and O–H groups in total. The van der Waals surface area contributed by atoms with E-state index >= 15 is 0 Å². The number of aromatic hydroxyl groups is 1. The Hall–Kier alpha value is -2.40. The summed E-state index contributed by atoms with van der Waals surface area (Å²) in [6, 6.07) is 13.4. The van der Waals surface area contributed by atoms with Crippen LogP contribution in [0, 0.1) is 5.82 Å². The highest BCUT2D eigenvalue weighted by Crippen LogP contribution is 2.17. The molecule has 2 aromatic carbocycles. The number of amides is 1. The van der Waals surface area contributed by atoms with Gasteiger partial charge in [0.15, 0.2) is 0 Å². The van der Waals surface area contributed by atoms with Gasteiger partial charge >= 0.3 is 0 Å². The zero-order chi connectivity index (χ0) is 16.2. The molecule has 1 amide bonds. The maximum absolute atomic E-state index is 12.9. The number of carbonyl (C=O) groups excluding carboxylic acids is 1. The summed E-state index contributed by atoms with van der Waals surface area (Å²) in [5.41, 5.74) is 1.91. The van der Waals surface area contributed by atoms with Crippen LogP contribution in [0.4, 0.5) is 4.39 Å². The molecule has 120 valence electrons. The van der Waals surface area contributed by atoms with E-state index in [0.29, 0.717) is 26.1 Å². The maximum atomic E-state index is 12.9. The number of hydrogen-bond acceptors (Lipinski definition) is 3. The van der Waals surface area contributed by atoms with Crippen molar-refractivity contribution in [2.24, 2.45) is 0 Å². The molecule has 5 heteroatoms. The van der Waals surface area contributed by atoms with Gasteiger partial charge in [0.05, 0.1) is 0 Å². The zero-order valence-electron chi connectivity index (χ0n) is 12.7. The average Bonchev–Trinajstić information content (AvgIpc) is 2.88. The number of phenols is 1. The Morgan fingerprint density at radius 2 is 1.96 bits per heavy atom. The highest BCUT2D eigenvalue weighted by molar-refractivity contribution is 5.79. The first kappa shape index (κ1) is 15.5. The Morgan fingerprint density at radius 3 is 2.70 bits per heavy atom. The fraction of sp³-hybridized carbons (Fsp3) is 0.278. The molecular weight excluding hydrogens is 295 g/mol. The molecule has 0 bridgehead atoms. The van der Waals surface area contributed by atoms with E-state index in [0.717, 1.165) is 11.1 Å². The number of likely N-dealkylation sites (tertiary alicyclic amines) is 1. The molecule has 1 fully saturated rings. The summed E-state index contributed by atoms with van der Waals surface area (Å²) < 4.78 is 12.9. The number of benzene rings is 2. The van der Waals surface area contributed by atoms with E-state index in [1.807, 2.05) is 6.07 Å². The summed E-state index contributed by atoms with van der Waals surface area (Å²) in [7, 11) is 0. The third kappa shape index (κ3) is 4.07. The Kier molecular flexibility index (Phi) is 4.57. The van der Waals surface area contributed by atoms with Crippen LogP contribution in [0.2, 0.25) is 0 Å². The lowest BCUT2D eigenvalue weighted by Gasteiger charge is -2.17. The van der Waals surface area contributed by atoms with Gasteiger partial charge in [-0.15, -0.1) is 0 Å². The van der Waals surface area contributed by atoms with Crippen LogP contribution < -0.4 is 5.32 Å². The van der Waals surface area contributed by atoms with Crippen LogP contribution in [0.5, 0.6) is 5.75 Å². The molecule has 0 radical (unpaired) electrons. The molecule has 1 saturated heterocycles. The van der Waals surface area contributed by atoms with Crippen molar-refractivity contribution in [3.63, 3.8) is 0 Å². The van der Waals surface area contributed by atoms with E-state index < -0.39 is 0 Å². The van der Waals surface area contributed by atoms with Gasteiger partial charge in [0.2, 0.25) is 5.91 Å². The quantitative estimate of drug-likeness (QED) is 0.891. The van der Waals surface area contributed by atoms with Gasteiger partial charge in [-0.25, -0.2) is 4.39 Å². The SMILES string of the molecule is O=C1C[C@H](NCc2cccc(O)c2)CN1Cc1ccc(F)cc1. The second-order valence-corrected chi connectivity index (χ2v) is 5.85. The topological polar surface area (TPSA) is 52.6 Å². The minimum atomic E-state index is -0.271. The molecule has 1 aliphatic rings. The van der Waals surface area contributed by atoms with Crippen LogP contribution in [0.1, 0.15) is 17.5 Å². The molecule has 23 heavy (non-hydrogen) atoms. The molecule has 1 atom stereocenters. The Bertz CT molecular complexity index is 688. The summed E-state index contributed by atoms with van der Waals surface area (Å²) in [4.78, 5) is 13.9. The molecule has 2 aromatic rings. The Morgan fingerprint density at radius 1 is 1.17 bits per heavy atom. The molecular formula is C18H19FN2O2. The fourth-order valence-electron chi connectivity index (χ4n) is 2.80. The van der Waals surface area contributed by atoms with Crippen molar-refractivity contribution in [1.29, 1.82) is 0 Å². The number of halogens is 1. The summed E-state index contributed by atoms with van der Waals surface area (Å²) in [6.45, 7) is 1.75. The van der Waals surface area contributed by atoms with E-state index in [9.17, 15) is 14.3 Å². The van der Waals surface area contributed by atoms with Gasteiger partial charge in [0, 0.05) is 32.1 Å². The molecule has 0 spiro atoms. The molecule has 0 aliphatic carbocycles. The highest BCUT2D eigenvalue weighted by Gasteiger charge is 2.29. The van der Waals surface area contributed by atoms with Gasteiger partial charge < -0.3 is 15.3 Å². The van der Waals surface area contributed by atoms with E-state index in [4.69, 9.17) is 0 Å². The zero-order valence-corrected chi connectivity index (χ0v) is 12.7. The Balaban J connectivity index is 1.54. The summed E-state index contributed by atoms with van der Waals surface area (Å²) in [5, 5.41) is 12.8. The predicted octanol–water partition coefficient (Wildman–Crippen LogP) is 2.42. The van der Waals surface area contributed by atoms with Gasteiger partial charge in [-0.1, -0.05) is 24.3 Å². The van der Waals surface area contributed by atoms with Crippen LogP contribution in [0.25, 0.3) is 0 Å². The van der Waals surface area contributed by atoms with Crippen LogP contribution in [0.15, 0.2) is 48.5 Å². The van der Waals surface area contributed by atoms with Crippen molar-refractivity contribution in [3.8, 4) is 5.75 Å². The number of rotatable bonds is 5. The van der Waals surface area contributed by atoms with Crippen LogP contribution >= 0.6 is 0 Å². The molecule has 0 aromatic heterocycles. The minimum Gasteiger partial charge on any atom is -0.508 e. The lowest BCUT2D eigenvalue weighted by molar-refractivity contribution is -0.128. The lowest BCUT2D eigenvalue weighted by Crippen LogP contribution is -2.32. The maximum Gasteiger partial charge on any atom is 0.224 e. The van der Waals surface area contributed by atoms with Crippen LogP contribution in [-0.2, 0) is 17.9 Å². The van der Waals surface area contributed by atoms with Gasteiger partial charge in [-0.2, -0.15) is 0 Å².